The molecule has 1 aromatic carbocycles. The van der Waals surface area contributed by atoms with Crippen LogP contribution < -0.4 is 14.8 Å². The van der Waals surface area contributed by atoms with E-state index in [1.807, 2.05) is 36.5 Å². The van der Waals surface area contributed by atoms with E-state index in [1.54, 1.807) is 14.2 Å². The van der Waals surface area contributed by atoms with Gasteiger partial charge in [-0.1, -0.05) is 6.07 Å². The summed E-state index contributed by atoms with van der Waals surface area (Å²) in [4.78, 5) is 22.5. The molecular weight excluding hydrogens is 380 g/mol. The maximum atomic E-state index is 12.6. The summed E-state index contributed by atoms with van der Waals surface area (Å²) in [7, 11) is 7.40. The Morgan fingerprint density at radius 1 is 1.23 bits per heavy atom. The van der Waals surface area contributed by atoms with Crippen LogP contribution in [0.4, 0.5) is 5.82 Å². The van der Waals surface area contributed by atoms with Gasteiger partial charge in [-0.05, 0) is 63.7 Å². The molecule has 1 fully saturated rings. The summed E-state index contributed by atoms with van der Waals surface area (Å²) in [5.41, 5.74) is 2.51. The zero-order valence-electron chi connectivity index (χ0n) is 17.9. The summed E-state index contributed by atoms with van der Waals surface area (Å²) >= 11 is 0. The zero-order chi connectivity index (χ0) is 21.3. The lowest BCUT2D eigenvalue weighted by Crippen LogP contribution is -2.18. The number of benzene rings is 1. The third kappa shape index (κ3) is 3.98. The fourth-order valence-electron chi connectivity index (χ4n) is 3.93. The SMILES string of the molecule is COc1cccc(OC)c1-c1c[nH]c2nc(NC(=O)[C@@H]3C[C@H]3CCN(C)C)ccc12.[HH].[HH]. The van der Waals surface area contributed by atoms with Crippen molar-refractivity contribution in [3.8, 4) is 22.6 Å². The van der Waals surface area contributed by atoms with Gasteiger partial charge in [-0.25, -0.2) is 4.98 Å². The number of rotatable bonds is 8. The molecule has 2 atom stereocenters. The van der Waals surface area contributed by atoms with Gasteiger partial charge in [0.25, 0.3) is 0 Å². The highest BCUT2D eigenvalue weighted by atomic mass is 16.5. The smallest absolute Gasteiger partial charge is 0.228 e. The minimum absolute atomic E-state index is 0. The van der Waals surface area contributed by atoms with Crippen molar-refractivity contribution in [3.05, 3.63) is 36.5 Å². The Labute approximate surface area is 179 Å². The Balaban J connectivity index is 0.00000181. The molecule has 0 aliphatic heterocycles. The second-order valence-corrected chi connectivity index (χ2v) is 8.02. The fourth-order valence-corrected chi connectivity index (χ4v) is 3.93. The minimum atomic E-state index is 0. The van der Waals surface area contributed by atoms with Crippen molar-refractivity contribution in [2.45, 2.75) is 12.8 Å². The van der Waals surface area contributed by atoms with E-state index in [0.717, 1.165) is 47.4 Å². The highest BCUT2D eigenvalue weighted by molar-refractivity contribution is 5.99. The number of hydrogen-bond acceptors (Lipinski definition) is 5. The second-order valence-electron chi connectivity index (χ2n) is 8.02. The van der Waals surface area contributed by atoms with Crippen LogP contribution in [0.15, 0.2) is 36.5 Å². The first-order valence-electron chi connectivity index (χ1n) is 10.2. The molecule has 4 rings (SSSR count). The molecule has 2 heterocycles. The van der Waals surface area contributed by atoms with Crippen LogP contribution in [0.25, 0.3) is 22.2 Å². The van der Waals surface area contributed by atoms with Gasteiger partial charge in [0.2, 0.25) is 5.91 Å². The number of nitrogens with one attached hydrogen (secondary N) is 2. The van der Waals surface area contributed by atoms with E-state index in [0.29, 0.717) is 17.4 Å². The summed E-state index contributed by atoms with van der Waals surface area (Å²) in [6.45, 7) is 1.01. The summed E-state index contributed by atoms with van der Waals surface area (Å²) in [5, 5.41) is 3.91. The van der Waals surface area contributed by atoms with Crippen LogP contribution in [0, 0.1) is 11.8 Å². The van der Waals surface area contributed by atoms with Crippen molar-refractivity contribution in [3.63, 3.8) is 0 Å². The van der Waals surface area contributed by atoms with Gasteiger partial charge in [-0.3, -0.25) is 4.79 Å². The van der Waals surface area contributed by atoms with Gasteiger partial charge in [0, 0.05) is 25.9 Å². The zero-order valence-corrected chi connectivity index (χ0v) is 17.9. The maximum absolute atomic E-state index is 12.6. The average Bonchev–Trinajstić information content (AvgIpc) is 3.42. The summed E-state index contributed by atoms with van der Waals surface area (Å²) in [6, 6.07) is 9.51. The molecule has 7 nitrogen and oxygen atoms in total. The number of ether oxygens (including phenoxy) is 2. The van der Waals surface area contributed by atoms with Gasteiger partial charge in [0.1, 0.15) is 23.0 Å². The van der Waals surface area contributed by atoms with Crippen molar-refractivity contribution in [2.75, 3.05) is 40.2 Å². The Kier molecular flexibility index (Phi) is 5.63. The van der Waals surface area contributed by atoms with Gasteiger partial charge in [0.15, 0.2) is 0 Å². The number of methoxy groups -OCH3 is 2. The highest BCUT2D eigenvalue weighted by Crippen LogP contribution is 2.43. The van der Waals surface area contributed by atoms with E-state index in [9.17, 15) is 4.79 Å². The van der Waals surface area contributed by atoms with Crippen molar-refractivity contribution < 1.29 is 17.1 Å². The van der Waals surface area contributed by atoms with Crippen LogP contribution >= 0.6 is 0 Å². The number of aromatic nitrogens is 2. The topological polar surface area (TPSA) is 79.5 Å². The number of carbonyl (C=O) groups excluding carboxylic acids is 1. The Bertz CT molecular complexity index is 1050. The Morgan fingerprint density at radius 2 is 1.97 bits per heavy atom. The molecule has 7 heteroatoms. The molecule has 0 radical (unpaired) electrons. The molecule has 2 aromatic heterocycles. The molecule has 1 saturated carbocycles. The van der Waals surface area contributed by atoms with Crippen molar-refractivity contribution >= 4 is 22.8 Å². The molecule has 1 amide bonds. The van der Waals surface area contributed by atoms with Crippen molar-refractivity contribution in [1.82, 2.24) is 14.9 Å². The number of fused-ring (bicyclic) bond motifs is 1. The van der Waals surface area contributed by atoms with E-state index in [4.69, 9.17) is 9.47 Å². The van der Waals surface area contributed by atoms with Gasteiger partial charge < -0.3 is 24.7 Å². The molecule has 0 unspecified atom stereocenters. The van der Waals surface area contributed by atoms with Gasteiger partial charge in [0.05, 0.1) is 19.8 Å². The van der Waals surface area contributed by atoms with E-state index in [-0.39, 0.29) is 14.7 Å². The molecule has 0 saturated heterocycles. The number of anilines is 1. The molecule has 1 aliphatic rings. The normalized spacial score (nSPS) is 17.9. The number of H-pyrrole nitrogens is 1. The largest absolute Gasteiger partial charge is 0.496 e. The van der Waals surface area contributed by atoms with Gasteiger partial charge in [-0.2, -0.15) is 0 Å². The number of nitrogens with zero attached hydrogens (tertiary/aromatic N) is 2. The molecule has 30 heavy (non-hydrogen) atoms. The second kappa shape index (κ2) is 8.36. The lowest BCUT2D eigenvalue weighted by atomic mass is 10.0. The summed E-state index contributed by atoms with van der Waals surface area (Å²) < 4.78 is 11.1. The Hall–Kier alpha value is -3.06. The molecule has 1 aliphatic carbocycles. The van der Waals surface area contributed by atoms with Crippen molar-refractivity contribution in [2.24, 2.45) is 11.8 Å². The third-order valence-electron chi connectivity index (χ3n) is 5.69. The maximum Gasteiger partial charge on any atom is 0.228 e. The van der Waals surface area contributed by atoms with Crippen LogP contribution in [0.5, 0.6) is 11.5 Å². The number of pyridine rings is 1. The first kappa shape index (κ1) is 20.2. The van der Waals surface area contributed by atoms with Crippen LogP contribution in [0.3, 0.4) is 0 Å². The first-order chi connectivity index (χ1) is 14.5. The number of amides is 1. The molecule has 0 spiro atoms. The monoisotopic (exact) mass is 412 g/mol. The molecule has 3 aromatic rings. The van der Waals surface area contributed by atoms with Crippen LogP contribution in [-0.4, -0.2) is 55.6 Å². The fraction of sp³-hybridized carbons (Fsp3) is 0.391. The molecular formula is C23H32N4O3. The lowest BCUT2D eigenvalue weighted by molar-refractivity contribution is -0.117. The van der Waals surface area contributed by atoms with E-state index in [2.05, 4.69) is 34.3 Å². The van der Waals surface area contributed by atoms with Crippen LogP contribution in [-0.2, 0) is 4.79 Å². The van der Waals surface area contributed by atoms with Crippen LogP contribution in [0.2, 0.25) is 0 Å². The minimum Gasteiger partial charge on any atom is -0.496 e. The lowest BCUT2D eigenvalue weighted by Gasteiger charge is -2.12. The average molecular weight is 413 g/mol. The molecule has 2 N–H and O–H groups in total. The Morgan fingerprint density at radius 3 is 2.63 bits per heavy atom. The van der Waals surface area contributed by atoms with E-state index < -0.39 is 0 Å². The van der Waals surface area contributed by atoms with E-state index in [1.165, 1.54) is 0 Å². The third-order valence-corrected chi connectivity index (χ3v) is 5.69. The first-order valence-corrected chi connectivity index (χ1v) is 10.2. The quantitative estimate of drug-likeness (QED) is 0.578. The standard InChI is InChI=1S/C23H28N4O3.2H2/c1-27(2)11-10-14-12-16(14)23(28)26-20-9-8-15-17(13-24-22(15)25-20)21-18(29-3)6-5-7-19(21)30-4;;/h5-9,13-14,16H,10-12H2,1-4H3,(H2,24,25,26,28);2*1H/t14-,16-;;/m1../s1. The summed E-state index contributed by atoms with van der Waals surface area (Å²) in [5.74, 6) is 2.65. The predicted octanol–water partition coefficient (Wildman–Crippen LogP) is 4.27. The summed E-state index contributed by atoms with van der Waals surface area (Å²) in [6.07, 6.45) is 3.91. The van der Waals surface area contributed by atoms with Crippen LogP contribution in [0.1, 0.15) is 15.7 Å². The number of carbonyl (C=O) groups is 1. The van der Waals surface area contributed by atoms with E-state index >= 15 is 0 Å². The van der Waals surface area contributed by atoms with Gasteiger partial charge >= 0.3 is 0 Å². The molecule has 162 valence electrons. The highest BCUT2D eigenvalue weighted by Gasteiger charge is 2.42. The van der Waals surface area contributed by atoms with Gasteiger partial charge in [-0.15, -0.1) is 0 Å². The number of hydrogen-bond donors (Lipinski definition) is 2. The number of aromatic amines is 1. The molecule has 0 bridgehead atoms. The van der Waals surface area contributed by atoms with Crippen molar-refractivity contribution in [1.29, 1.82) is 0 Å². The predicted molar refractivity (Wildman–Crippen MR) is 122 cm³/mol.